The van der Waals surface area contributed by atoms with Gasteiger partial charge in [-0.15, -0.1) is 0 Å². The van der Waals surface area contributed by atoms with Crippen LogP contribution in [-0.2, 0) is 0 Å². The molecule has 5 nitrogen and oxygen atoms in total. The number of likely N-dealkylation sites (N-methyl/N-ethyl adjacent to an activating group) is 1. The molecule has 0 aliphatic heterocycles. The van der Waals surface area contributed by atoms with Gasteiger partial charge in [-0.25, -0.2) is 4.98 Å². The molecule has 0 fully saturated rings. The normalized spacial score (nSPS) is 11.1. The minimum atomic E-state index is 0.0340. The number of nitrogens with zero attached hydrogens (tertiary/aromatic N) is 4. The number of carbonyl (C=O) groups excluding carboxylic acids is 1. The van der Waals surface area contributed by atoms with Crippen molar-refractivity contribution in [2.24, 2.45) is 0 Å². The van der Waals surface area contributed by atoms with Crippen LogP contribution in [0.3, 0.4) is 0 Å². The van der Waals surface area contributed by atoms with Gasteiger partial charge in [-0.3, -0.25) is 4.79 Å². The van der Waals surface area contributed by atoms with Crippen molar-refractivity contribution in [2.45, 2.75) is 27.7 Å². The summed E-state index contributed by atoms with van der Waals surface area (Å²) in [6, 6.07) is 13.9. The van der Waals surface area contributed by atoms with Crippen LogP contribution < -0.4 is 4.90 Å². The number of imidazole rings is 1. The number of hydrogen-bond acceptors (Lipinski definition) is 3. The first-order valence-corrected chi connectivity index (χ1v) is 10.2. The van der Waals surface area contributed by atoms with Crippen molar-refractivity contribution in [3.63, 3.8) is 0 Å². The highest BCUT2D eigenvalue weighted by molar-refractivity contribution is 6.07. The molecule has 0 radical (unpaired) electrons. The van der Waals surface area contributed by atoms with Crippen LogP contribution in [0, 0.1) is 13.8 Å². The van der Waals surface area contributed by atoms with Gasteiger partial charge in [0.05, 0.1) is 6.33 Å². The lowest BCUT2D eigenvalue weighted by Crippen LogP contribution is -2.39. The average Bonchev–Trinajstić information content (AvgIpc) is 3.27. The van der Waals surface area contributed by atoms with E-state index in [0.29, 0.717) is 12.1 Å². The minimum Gasteiger partial charge on any atom is -0.307 e. The lowest BCUT2D eigenvalue weighted by molar-refractivity contribution is 0.0983. The topological polar surface area (TPSA) is 41.4 Å². The third-order valence-corrected chi connectivity index (χ3v) is 5.41. The minimum absolute atomic E-state index is 0.0340. The molecule has 1 heterocycles. The third-order valence-electron chi connectivity index (χ3n) is 5.41. The molecule has 0 N–H and O–H groups in total. The fourth-order valence-electron chi connectivity index (χ4n) is 3.67. The van der Waals surface area contributed by atoms with E-state index in [1.165, 1.54) is 0 Å². The Kier molecular flexibility index (Phi) is 6.83. The molecule has 0 aliphatic carbocycles. The molecule has 1 amide bonds. The molecule has 0 spiro atoms. The largest absolute Gasteiger partial charge is 0.307 e. The average molecular weight is 391 g/mol. The van der Waals surface area contributed by atoms with E-state index in [1.807, 2.05) is 46.0 Å². The predicted molar refractivity (Wildman–Crippen MR) is 119 cm³/mol. The number of aromatic nitrogens is 2. The monoisotopic (exact) mass is 390 g/mol. The van der Waals surface area contributed by atoms with Crippen molar-refractivity contribution in [3.05, 3.63) is 77.9 Å². The molecular formula is C24H30N4O. The van der Waals surface area contributed by atoms with Crippen LogP contribution in [0.1, 0.15) is 35.3 Å². The summed E-state index contributed by atoms with van der Waals surface area (Å²) in [4.78, 5) is 21.9. The van der Waals surface area contributed by atoms with Crippen LogP contribution >= 0.6 is 0 Å². The summed E-state index contributed by atoms with van der Waals surface area (Å²) >= 11 is 0. The highest BCUT2D eigenvalue weighted by Crippen LogP contribution is 2.26. The second kappa shape index (κ2) is 9.52. The summed E-state index contributed by atoms with van der Waals surface area (Å²) in [6.45, 7) is 11.9. The summed E-state index contributed by atoms with van der Waals surface area (Å²) in [7, 11) is 0. The second-order valence-corrected chi connectivity index (χ2v) is 7.24. The number of benzene rings is 2. The van der Waals surface area contributed by atoms with E-state index in [-0.39, 0.29) is 5.91 Å². The molecule has 29 heavy (non-hydrogen) atoms. The van der Waals surface area contributed by atoms with Crippen molar-refractivity contribution >= 4 is 11.6 Å². The van der Waals surface area contributed by atoms with Crippen LogP contribution in [0.25, 0.3) is 5.69 Å². The molecule has 3 aromatic rings. The van der Waals surface area contributed by atoms with E-state index in [4.69, 9.17) is 0 Å². The van der Waals surface area contributed by atoms with Gasteiger partial charge in [0.25, 0.3) is 5.91 Å². The lowest BCUT2D eigenvalue weighted by atomic mass is 10.1. The van der Waals surface area contributed by atoms with Gasteiger partial charge in [0.15, 0.2) is 0 Å². The Balaban J connectivity index is 1.91. The van der Waals surface area contributed by atoms with E-state index < -0.39 is 0 Å². The fourth-order valence-corrected chi connectivity index (χ4v) is 3.67. The first-order valence-electron chi connectivity index (χ1n) is 10.2. The first-order chi connectivity index (χ1) is 14.0. The van der Waals surface area contributed by atoms with Crippen LogP contribution in [0.4, 0.5) is 5.69 Å². The van der Waals surface area contributed by atoms with E-state index in [2.05, 4.69) is 49.7 Å². The summed E-state index contributed by atoms with van der Waals surface area (Å²) in [5.41, 5.74) is 4.93. The second-order valence-electron chi connectivity index (χ2n) is 7.24. The molecule has 0 bridgehead atoms. The molecular weight excluding hydrogens is 360 g/mol. The zero-order valence-corrected chi connectivity index (χ0v) is 17.8. The molecule has 5 heteroatoms. The SMILES string of the molecule is CCN(CC)CCN(C(=O)c1ccc(-n2ccnc2)cc1)c1c(C)cccc1C. The maximum Gasteiger partial charge on any atom is 0.258 e. The van der Waals surface area contributed by atoms with E-state index in [1.54, 1.807) is 12.5 Å². The molecule has 0 saturated carbocycles. The maximum absolute atomic E-state index is 13.5. The van der Waals surface area contributed by atoms with Crippen molar-refractivity contribution in [1.29, 1.82) is 0 Å². The Hall–Kier alpha value is -2.92. The van der Waals surface area contributed by atoms with Crippen LogP contribution in [0.5, 0.6) is 0 Å². The zero-order chi connectivity index (χ0) is 20.8. The maximum atomic E-state index is 13.5. The zero-order valence-electron chi connectivity index (χ0n) is 17.8. The van der Waals surface area contributed by atoms with Crippen LogP contribution in [-0.4, -0.2) is 46.5 Å². The van der Waals surface area contributed by atoms with Crippen molar-refractivity contribution in [3.8, 4) is 5.69 Å². The Morgan fingerprint density at radius 2 is 1.62 bits per heavy atom. The van der Waals surface area contributed by atoms with Gasteiger partial charge in [0.2, 0.25) is 0 Å². The van der Waals surface area contributed by atoms with E-state index in [9.17, 15) is 4.79 Å². The Morgan fingerprint density at radius 1 is 0.966 bits per heavy atom. The summed E-state index contributed by atoms with van der Waals surface area (Å²) in [5.74, 6) is 0.0340. The number of carbonyl (C=O) groups is 1. The Morgan fingerprint density at radius 3 is 2.17 bits per heavy atom. The Labute approximate surface area is 173 Å². The van der Waals surface area contributed by atoms with E-state index >= 15 is 0 Å². The molecule has 0 atom stereocenters. The predicted octanol–water partition coefficient (Wildman–Crippen LogP) is 4.48. The van der Waals surface area contributed by atoms with E-state index in [0.717, 1.165) is 42.1 Å². The number of rotatable bonds is 8. The van der Waals surface area contributed by atoms with Gasteiger partial charge >= 0.3 is 0 Å². The van der Waals surface area contributed by atoms with Crippen LogP contribution in [0.2, 0.25) is 0 Å². The van der Waals surface area contributed by atoms with Crippen LogP contribution in [0.15, 0.2) is 61.2 Å². The molecule has 0 aliphatic rings. The molecule has 3 rings (SSSR count). The molecule has 2 aromatic carbocycles. The fraction of sp³-hybridized carbons (Fsp3) is 0.333. The van der Waals surface area contributed by atoms with Crippen molar-refractivity contribution in [1.82, 2.24) is 14.5 Å². The quantitative estimate of drug-likeness (QED) is 0.569. The van der Waals surface area contributed by atoms with Crippen molar-refractivity contribution < 1.29 is 4.79 Å². The third kappa shape index (κ3) is 4.74. The van der Waals surface area contributed by atoms with Gasteiger partial charge in [-0.1, -0.05) is 32.0 Å². The first kappa shape index (κ1) is 20.8. The van der Waals surface area contributed by atoms with Gasteiger partial charge in [-0.05, 0) is 62.3 Å². The highest BCUT2D eigenvalue weighted by atomic mass is 16.2. The summed E-state index contributed by atoms with van der Waals surface area (Å²) in [6.07, 6.45) is 5.39. The lowest BCUT2D eigenvalue weighted by Gasteiger charge is -2.29. The number of anilines is 1. The smallest absolute Gasteiger partial charge is 0.258 e. The molecule has 1 aromatic heterocycles. The highest BCUT2D eigenvalue weighted by Gasteiger charge is 2.21. The van der Waals surface area contributed by atoms with Gasteiger partial charge in [0.1, 0.15) is 0 Å². The molecule has 0 unspecified atom stereocenters. The summed E-state index contributed by atoms with van der Waals surface area (Å²) in [5, 5.41) is 0. The Bertz CT molecular complexity index is 908. The molecule has 152 valence electrons. The summed E-state index contributed by atoms with van der Waals surface area (Å²) < 4.78 is 1.93. The van der Waals surface area contributed by atoms with Gasteiger partial charge in [-0.2, -0.15) is 0 Å². The molecule has 0 saturated heterocycles. The standard InChI is InChI=1S/C24H30N4O/c1-5-26(6-2)16-17-28(23-19(3)8-7-9-20(23)4)24(29)21-10-12-22(13-11-21)27-15-14-25-18-27/h7-15,18H,5-6,16-17H2,1-4H3. The van der Waals surface area contributed by atoms with Gasteiger partial charge < -0.3 is 14.4 Å². The number of aryl methyl sites for hydroxylation is 2. The number of para-hydroxylation sites is 1. The number of hydrogen-bond donors (Lipinski definition) is 0. The van der Waals surface area contributed by atoms with Gasteiger partial charge in [0, 0.05) is 42.4 Å². The van der Waals surface area contributed by atoms with Crippen molar-refractivity contribution in [2.75, 3.05) is 31.1 Å². The number of amides is 1.